The van der Waals surface area contributed by atoms with Crippen LogP contribution in [-0.4, -0.2) is 78.0 Å². The van der Waals surface area contributed by atoms with E-state index in [0.717, 1.165) is 26.2 Å². The average molecular weight is 404 g/mol. The summed E-state index contributed by atoms with van der Waals surface area (Å²) in [6, 6.07) is 4.73. The van der Waals surface area contributed by atoms with Crippen LogP contribution in [0.4, 0.5) is 20.6 Å². The summed E-state index contributed by atoms with van der Waals surface area (Å²) in [6.45, 7) is 3.43. The molecule has 1 aromatic carbocycles. The molecule has 12 heteroatoms. The van der Waals surface area contributed by atoms with Gasteiger partial charge in [0.05, 0.1) is 30.9 Å². The largest absolute Gasteiger partial charge is 0.442 e. The molecule has 0 bridgehead atoms. The Morgan fingerprint density at radius 3 is 2.90 bits per heavy atom. The van der Waals surface area contributed by atoms with Gasteiger partial charge in [0.1, 0.15) is 11.9 Å². The second-order valence-electron chi connectivity index (χ2n) is 6.80. The van der Waals surface area contributed by atoms with Gasteiger partial charge in [0.25, 0.3) is 0 Å². The predicted molar refractivity (Wildman–Crippen MR) is 100.0 cm³/mol. The van der Waals surface area contributed by atoms with Gasteiger partial charge in [0, 0.05) is 26.2 Å². The molecule has 2 saturated heterocycles. The lowest BCUT2D eigenvalue weighted by atomic mass is 10.2. The lowest BCUT2D eigenvalue weighted by Gasteiger charge is -2.30. The van der Waals surface area contributed by atoms with Gasteiger partial charge in [-0.2, -0.15) is 5.21 Å². The summed E-state index contributed by atoms with van der Waals surface area (Å²) in [6.07, 6.45) is -1.14. The van der Waals surface area contributed by atoms with E-state index in [0.29, 0.717) is 11.4 Å². The van der Waals surface area contributed by atoms with Crippen molar-refractivity contribution in [3.8, 4) is 0 Å². The molecule has 0 unspecified atom stereocenters. The highest BCUT2D eigenvalue weighted by Gasteiger charge is 2.33. The molecule has 2 fully saturated rings. The first-order chi connectivity index (χ1) is 14.1. The van der Waals surface area contributed by atoms with E-state index in [4.69, 9.17) is 4.74 Å². The second kappa shape index (κ2) is 8.39. The minimum Gasteiger partial charge on any atom is -0.442 e. The normalized spacial score (nSPS) is 19.3. The molecule has 2 aliphatic heterocycles. The highest BCUT2D eigenvalue weighted by Crippen LogP contribution is 2.28. The number of aromatic nitrogens is 4. The van der Waals surface area contributed by atoms with Crippen LogP contribution < -0.4 is 20.4 Å². The number of hydrogen-bond acceptors (Lipinski definition) is 8. The summed E-state index contributed by atoms with van der Waals surface area (Å²) in [5, 5.41) is 19.0. The third-order valence-electron chi connectivity index (χ3n) is 4.81. The Kier molecular flexibility index (Phi) is 5.51. The number of halogens is 1. The Bertz CT molecular complexity index is 872. The summed E-state index contributed by atoms with van der Waals surface area (Å²) < 4.78 is 19.9. The summed E-state index contributed by atoms with van der Waals surface area (Å²) in [4.78, 5) is 27.4. The maximum Gasteiger partial charge on any atom is 0.414 e. The number of hydrogen-bond donors (Lipinski definition) is 3. The summed E-state index contributed by atoms with van der Waals surface area (Å²) in [5.74, 6) is -0.422. The molecular formula is C17H21FN8O3. The molecule has 1 atom stereocenters. The molecule has 4 rings (SSSR count). The summed E-state index contributed by atoms with van der Waals surface area (Å²) in [5.41, 5.74) is 0.945. The van der Waals surface area contributed by atoms with Crippen LogP contribution in [0.3, 0.4) is 0 Å². The second-order valence-corrected chi connectivity index (χ2v) is 6.80. The average Bonchev–Trinajstić information content (AvgIpc) is 3.36. The van der Waals surface area contributed by atoms with E-state index in [1.54, 1.807) is 12.1 Å². The van der Waals surface area contributed by atoms with E-state index in [-0.39, 0.29) is 37.1 Å². The predicted octanol–water partition coefficient (Wildman–Crippen LogP) is -0.567. The van der Waals surface area contributed by atoms with Crippen LogP contribution in [0.25, 0.3) is 0 Å². The molecule has 2 aromatic rings. The van der Waals surface area contributed by atoms with Gasteiger partial charge in [-0.1, -0.05) is 5.21 Å². The smallest absolute Gasteiger partial charge is 0.414 e. The first-order valence-electron chi connectivity index (χ1n) is 9.32. The third kappa shape index (κ3) is 4.42. The number of ether oxygens (including phenoxy) is 1. The highest BCUT2D eigenvalue weighted by molar-refractivity contribution is 5.90. The highest BCUT2D eigenvalue weighted by atomic mass is 19.1. The van der Waals surface area contributed by atoms with Crippen LogP contribution in [0.5, 0.6) is 0 Å². The Labute approximate surface area is 165 Å². The number of anilines is 2. The van der Waals surface area contributed by atoms with Gasteiger partial charge in [-0.25, -0.2) is 9.18 Å². The van der Waals surface area contributed by atoms with E-state index >= 15 is 0 Å². The number of aromatic amines is 1. The van der Waals surface area contributed by atoms with Crippen molar-refractivity contribution in [3.63, 3.8) is 0 Å². The number of carbonyl (C=O) groups excluding carboxylic acids is 2. The number of benzene rings is 1. The quantitative estimate of drug-likeness (QED) is 0.584. The van der Waals surface area contributed by atoms with Crippen LogP contribution in [0.1, 0.15) is 5.82 Å². The van der Waals surface area contributed by atoms with Crippen molar-refractivity contribution in [1.29, 1.82) is 0 Å². The molecule has 3 N–H and O–H groups in total. The number of carbonyl (C=O) groups is 2. The van der Waals surface area contributed by atoms with Crippen molar-refractivity contribution in [2.24, 2.45) is 0 Å². The lowest BCUT2D eigenvalue weighted by molar-refractivity contribution is -0.120. The maximum absolute atomic E-state index is 14.6. The van der Waals surface area contributed by atoms with Gasteiger partial charge >= 0.3 is 6.09 Å². The molecule has 2 aliphatic rings. The van der Waals surface area contributed by atoms with Gasteiger partial charge in [0.15, 0.2) is 5.82 Å². The zero-order valence-corrected chi connectivity index (χ0v) is 15.6. The zero-order chi connectivity index (χ0) is 20.2. The molecule has 154 valence electrons. The fourth-order valence-electron chi connectivity index (χ4n) is 3.36. The number of cyclic esters (lactones) is 1. The monoisotopic (exact) mass is 404 g/mol. The molecule has 0 saturated carbocycles. The van der Waals surface area contributed by atoms with Crippen molar-refractivity contribution in [2.75, 3.05) is 49.1 Å². The van der Waals surface area contributed by atoms with Crippen LogP contribution in [0.2, 0.25) is 0 Å². The summed E-state index contributed by atoms with van der Waals surface area (Å²) >= 11 is 0. The molecule has 2 amide bonds. The standard InChI is InChI=1S/C17H21FN8O3/c18-13-7-11(1-2-14(13)25-5-3-19-4-6-25)26-10-12(29-17(26)28)9-20-16(27)8-15-21-23-24-22-15/h1-2,7,12,19H,3-6,8-10H2,(H,20,27)(H,21,22,23,24)/t12-/m0/s1. The minimum absolute atomic E-state index is 0.0282. The van der Waals surface area contributed by atoms with Crippen molar-refractivity contribution < 1.29 is 18.7 Å². The van der Waals surface area contributed by atoms with Gasteiger partial charge in [0.2, 0.25) is 5.91 Å². The van der Waals surface area contributed by atoms with Crippen LogP contribution in [0.15, 0.2) is 18.2 Å². The lowest BCUT2D eigenvalue weighted by Crippen LogP contribution is -2.43. The van der Waals surface area contributed by atoms with Crippen LogP contribution >= 0.6 is 0 Å². The Morgan fingerprint density at radius 1 is 1.34 bits per heavy atom. The minimum atomic E-state index is -0.572. The molecule has 0 spiro atoms. The van der Waals surface area contributed by atoms with Gasteiger partial charge in [-0.05, 0) is 18.2 Å². The van der Waals surface area contributed by atoms with Crippen molar-refractivity contribution in [2.45, 2.75) is 12.5 Å². The SMILES string of the molecule is O=C(Cc1nn[nH]n1)NC[C@H]1CN(c2ccc(N3CCNCC3)c(F)c2)C(=O)O1. The molecule has 11 nitrogen and oxygen atoms in total. The van der Waals surface area contributed by atoms with Gasteiger partial charge in [-0.3, -0.25) is 9.69 Å². The van der Waals surface area contributed by atoms with Crippen LogP contribution in [0, 0.1) is 5.82 Å². The number of piperazine rings is 1. The molecule has 1 aromatic heterocycles. The van der Waals surface area contributed by atoms with E-state index in [2.05, 4.69) is 31.3 Å². The summed E-state index contributed by atoms with van der Waals surface area (Å²) in [7, 11) is 0. The first kappa shape index (κ1) is 19.1. The fraction of sp³-hybridized carbons (Fsp3) is 0.471. The molecule has 3 heterocycles. The first-order valence-corrected chi connectivity index (χ1v) is 9.32. The fourth-order valence-corrected chi connectivity index (χ4v) is 3.36. The number of rotatable bonds is 6. The molecular weight excluding hydrogens is 383 g/mol. The Balaban J connectivity index is 1.34. The number of tetrazole rings is 1. The molecule has 0 radical (unpaired) electrons. The van der Waals surface area contributed by atoms with Gasteiger partial charge < -0.3 is 20.3 Å². The molecule has 0 aliphatic carbocycles. The van der Waals surface area contributed by atoms with Crippen molar-refractivity contribution >= 4 is 23.4 Å². The number of H-pyrrole nitrogens is 1. The van der Waals surface area contributed by atoms with E-state index in [1.807, 2.05) is 4.90 Å². The zero-order valence-electron chi connectivity index (χ0n) is 15.6. The van der Waals surface area contributed by atoms with Crippen LogP contribution in [-0.2, 0) is 16.0 Å². The Hall–Kier alpha value is -3.28. The van der Waals surface area contributed by atoms with E-state index < -0.39 is 12.2 Å². The Morgan fingerprint density at radius 2 is 2.17 bits per heavy atom. The number of nitrogens with one attached hydrogen (secondary N) is 3. The molecule has 29 heavy (non-hydrogen) atoms. The topological polar surface area (TPSA) is 128 Å². The van der Waals surface area contributed by atoms with E-state index in [1.165, 1.54) is 11.0 Å². The van der Waals surface area contributed by atoms with E-state index in [9.17, 15) is 14.0 Å². The third-order valence-corrected chi connectivity index (χ3v) is 4.81. The van der Waals surface area contributed by atoms with Crippen molar-refractivity contribution in [1.82, 2.24) is 31.3 Å². The maximum atomic E-state index is 14.6. The van der Waals surface area contributed by atoms with Crippen molar-refractivity contribution in [3.05, 3.63) is 29.8 Å². The number of amides is 2. The van der Waals surface area contributed by atoms with Gasteiger partial charge in [-0.15, -0.1) is 10.2 Å². The number of nitrogens with zero attached hydrogens (tertiary/aromatic N) is 5.